The first-order chi connectivity index (χ1) is 15.1. The van der Waals surface area contributed by atoms with Crippen LogP contribution in [0, 0.1) is 0 Å². The minimum Gasteiger partial charge on any atom is -0.497 e. The van der Waals surface area contributed by atoms with Crippen LogP contribution in [0.2, 0.25) is 0 Å². The molecule has 0 aliphatic carbocycles. The number of hydrogen-bond acceptors (Lipinski definition) is 7. The number of rotatable bonds is 7. The Labute approximate surface area is 183 Å². The third-order valence-electron chi connectivity index (χ3n) is 5.13. The summed E-state index contributed by atoms with van der Waals surface area (Å²) in [5.41, 5.74) is 1.89. The highest BCUT2D eigenvalue weighted by Gasteiger charge is 2.22. The molecule has 0 saturated heterocycles. The fourth-order valence-corrected chi connectivity index (χ4v) is 4.35. The molecule has 4 rings (SSSR count). The van der Waals surface area contributed by atoms with Crippen LogP contribution < -0.4 is 14.8 Å². The van der Waals surface area contributed by atoms with E-state index in [0.29, 0.717) is 36.0 Å². The fraction of sp³-hybridized carbons (Fsp3) is 0.333. The first-order valence-electron chi connectivity index (χ1n) is 9.85. The van der Waals surface area contributed by atoms with Gasteiger partial charge in [0.15, 0.2) is 5.82 Å². The van der Waals surface area contributed by atoms with E-state index >= 15 is 0 Å². The summed E-state index contributed by atoms with van der Waals surface area (Å²) in [5.74, 6) is 1.48. The zero-order valence-electron chi connectivity index (χ0n) is 17.3. The third kappa shape index (κ3) is 4.69. The van der Waals surface area contributed by atoms with Crippen LogP contribution >= 0.6 is 11.3 Å². The molecular formula is C21H23N5O4S. The van der Waals surface area contributed by atoms with Crippen LogP contribution in [-0.2, 0) is 22.6 Å². The Kier molecular flexibility index (Phi) is 6.17. The molecule has 3 heterocycles. The number of H-pyrrole nitrogens is 1. The lowest BCUT2D eigenvalue weighted by molar-refractivity contribution is -0.133. The molecule has 3 aromatic rings. The number of carbonyl (C=O) groups is 2. The molecule has 0 bridgehead atoms. The van der Waals surface area contributed by atoms with E-state index in [1.165, 1.54) is 10.4 Å². The largest absolute Gasteiger partial charge is 0.497 e. The summed E-state index contributed by atoms with van der Waals surface area (Å²) in [6.45, 7) is 1.31. The summed E-state index contributed by atoms with van der Waals surface area (Å²) in [7, 11) is 3.13. The van der Waals surface area contributed by atoms with Gasteiger partial charge in [-0.1, -0.05) is 0 Å². The number of nitrogens with zero attached hydrogens (tertiary/aromatic N) is 3. The average Bonchev–Trinajstić information content (AvgIpc) is 3.45. The first kappa shape index (κ1) is 20.9. The standard InChI is InChI=1S/C21H23N5O4S/c1-29-14-3-4-15(16(11-14)30-2)20-23-21(25-24-20)22-18(27)5-6-19(28)26-9-7-17-13(12-26)8-10-31-17/h3-4,8,10-11H,5-7,9,12H2,1-2H3,(H2,22,23,24,25,27). The van der Waals surface area contributed by atoms with Crippen molar-refractivity contribution in [3.8, 4) is 22.9 Å². The minimum atomic E-state index is -0.311. The maximum atomic E-state index is 12.5. The minimum absolute atomic E-state index is 0.0226. The Morgan fingerprint density at radius 2 is 2.10 bits per heavy atom. The molecule has 0 radical (unpaired) electrons. The molecule has 0 unspecified atom stereocenters. The van der Waals surface area contributed by atoms with Crippen molar-refractivity contribution >= 4 is 29.1 Å². The molecule has 10 heteroatoms. The number of benzene rings is 1. The third-order valence-corrected chi connectivity index (χ3v) is 6.15. The molecule has 9 nitrogen and oxygen atoms in total. The molecule has 0 spiro atoms. The molecule has 2 aromatic heterocycles. The highest BCUT2D eigenvalue weighted by molar-refractivity contribution is 7.10. The van der Waals surface area contributed by atoms with Gasteiger partial charge in [0, 0.05) is 36.9 Å². The topological polar surface area (TPSA) is 109 Å². The van der Waals surface area contributed by atoms with Gasteiger partial charge in [-0.2, -0.15) is 4.98 Å². The molecular weight excluding hydrogens is 418 g/mol. The van der Waals surface area contributed by atoms with Crippen LogP contribution in [0.1, 0.15) is 23.3 Å². The van der Waals surface area contributed by atoms with Crippen molar-refractivity contribution in [1.82, 2.24) is 20.1 Å². The highest BCUT2D eigenvalue weighted by Crippen LogP contribution is 2.31. The van der Waals surface area contributed by atoms with Crippen molar-refractivity contribution in [2.75, 3.05) is 26.1 Å². The molecule has 162 valence electrons. The normalized spacial score (nSPS) is 12.9. The van der Waals surface area contributed by atoms with Gasteiger partial charge in [-0.15, -0.1) is 16.4 Å². The number of aromatic nitrogens is 3. The summed E-state index contributed by atoms with van der Waals surface area (Å²) in [6.07, 6.45) is 1.09. The summed E-state index contributed by atoms with van der Waals surface area (Å²) in [6, 6.07) is 7.37. The molecule has 31 heavy (non-hydrogen) atoms. The van der Waals surface area contributed by atoms with Gasteiger partial charge >= 0.3 is 0 Å². The van der Waals surface area contributed by atoms with E-state index in [9.17, 15) is 9.59 Å². The van der Waals surface area contributed by atoms with Gasteiger partial charge in [0.1, 0.15) is 11.5 Å². The number of amides is 2. The van der Waals surface area contributed by atoms with Crippen LogP contribution in [-0.4, -0.2) is 52.7 Å². The number of ether oxygens (including phenoxy) is 2. The predicted molar refractivity (Wildman–Crippen MR) is 116 cm³/mol. The molecule has 1 aliphatic heterocycles. The smallest absolute Gasteiger partial charge is 0.249 e. The molecule has 0 atom stereocenters. The van der Waals surface area contributed by atoms with Crippen molar-refractivity contribution in [2.45, 2.75) is 25.8 Å². The van der Waals surface area contributed by atoms with Gasteiger partial charge in [-0.05, 0) is 35.6 Å². The zero-order valence-corrected chi connectivity index (χ0v) is 18.1. The molecule has 0 saturated carbocycles. The van der Waals surface area contributed by atoms with Crippen molar-refractivity contribution in [2.24, 2.45) is 0 Å². The number of aromatic amines is 1. The Morgan fingerprint density at radius 3 is 2.90 bits per heavy atom. The summed E-state index contributed by atoms with van der Waals surface area (Å²) in [4.78, 5) is 32.2. The van der Waals surface area contributed by atoms with Gasteiger partial charge in [0.05, 0.1) is 19.8 Å². The molecule has 2 N–H and O–H groups in total. The van der Waals surface area contributed by atoms with Crippen molar-refractivity contribution in [3.05, 3.63) is 40.1 Å². The van der Waals surface area contributed by atoms with Crippen LogP contribution in [0.4, 0.5) is 5.95 Å². The van der Waals surface area contributed by atoms with Gasteiger partial charge in [0.2, 0.25) is 17.8 Å². The zero-order chi connectivity index (χ0) is 21.8. The van der Waals surface area contributed by atoms with Crippen LogP contribution in [0.15, 0.2) is 29.6 Å². The van der Waals surface area contributed by atoms with Crippen molar-refractivity contribution in [3.63, 3.8) is 0 Å². The lowest BCUT2D eigenvalue weighted by atomic mass is 10.1. The Balaban J connectivity index is 1.32. The van der Waals surface area contributed by atoms with Crippen LogP contribution in [0.3, 0.4) is 0 Å². The molecule has 0 fully saturated rings. The number of hydrogen-bond donors (Lipinski definition) is 2. The number of anilines is 1. The van der Waals surface area contributed by atoms with Crippen LogP contribution in [0.5, 0.6) is 11.5 Å². The second-order valence-electron chi connectivity index (χ2n) is 7.06. The Morgan fingerprint density at radius 1 is 1.23 bits per heavy atom. The van der Waals surface area contributed by atoms with E-state index in [2.05, 4.69) is 31.9 Å². The van der Waals surface area contributed by atoms with Crippen molar-refractivity contribution < 1.29 is 19.1 Å². The Hall–Kier alpha value is -3.40. The monoisotopic (exact) mass is 441 g/mol. The van der Waals surface area contributed by atoms with Gasteiger partial charge in [0.25, 0.3) is 0 Å². The second kappa shape index (κ2) is 9.17. The Bertz CT molecular complexity index is 1090. The maximum Gasteiger partial charge on any atom is 0.249 e. The average molecular weight is 442 g/mol. The van der Waals surface area contributed by atoms with E-state index in [-0.39, 0.29) is 30.6 Å². The molecule has 2 amide bonds. The lowest BCUT2D eigenvalue weighted by Crippen LogP contribution is -2.35. The maximum absolute atomic E-state index is 12.5. The summed E-state index contributed by atoms with van der Waals surface area (Å²) >= 11 is 1.73. The fourth-order valence-electron chi connectivity index (χ4n) is 3.46. The van der Waals surface area contributed by atoms with E-state index < -0.39 is 0 Å². The number of thiophene rings is 1. The summed E-state index contributed by atoms with van der Waals surface area (Å²) in [5, 5.41) is 11.5. The SMILES string of the molecule is COc1ccc(-c2nc(NC(=O)CCC(=O)N3CCc4sccc4C3)n[nH]2)c(OC)c1. The number of carbonyl (C=O) groups excluding carboxylic acids is 2. The van der Waals surface area contributed by atoms with E-state index in [1.807, 2.05) is 4.90 Å². The van der Waals surface area contributed by atoms with Gasteiger partial charge in [-0.3, -0.25) is 20.0 Å². The first-order valence-corrected chi connectivity index (χ1v) is 10.7. The lowest BCUT2D eigenvalue weighted by Gasteiger charge is -2.27. The predicted octanol–water partition coefficient (Wildman–Crippen LogP) is 2.85. The number of nitrogens with one attached hydrogen (secondary N) is 2. The molecule has 1 aromatic carbocycles. The highest BCUT2D eigenvalue weighted by atomic mass is 32.1. The van der Waals surface area contributed by atoms with Crippen molar-refractivity contribution in [1.29, 1.82) is 0 Å². The quantitative estimate of drug-likeness (QED) is 0.584. The second-order valence-corrected chi connectivity index (χ2v) is 8.06. The van der Waals surface area contributed by atoms with Crippen LogP contribution in [0.25, 0.3) is 11.4 Å². The van der Waals surface area contributed by atoms with E-state index in [0.717, 1.165) is 6.42 Å². The van der Waals surface area contributed by atoms with Gasteiger partial charge < -0.3 is 14.4 Å². The number of methoxy groups -OCH3 is 2. The van der Waals surface area contributed by atoms with E-state index in [1.54, 1.807) is 43.8 Å². The number of fused-ring (bicyclic) bond motifs is 1. The van der Waals surface area contributed by atoms with Gasteiger partial charge in [-0.25, -0.2) is 0 Å². The molecule has 1 aliphatic rings. The summed E-state index contributed by atoms with van der Waals surface area (Å²) < 4.78 is 10.6. The van der Waals surface area contributed by atoms with E-state index in [4.69, 9.17) is 9.47 Å².